The Morgan fingerprint density at radius 3 is 2.62 bits per heavy atom. The van der Waals surface area contributed by atoms with Crippen molar-refractivity contribution >= 4 is 49.8 Å². The van der Waals surface area contributed by atoms with Crippen molar-refractivity contribution in [2.75, 3.05) is 38.7 Å². The smallest absolute Gasteiger partial charge is 0.341 e. The second kappa shape index (κ2) is 9.48. The standard InChI is InChI=1S/C21H23ClN2O6S2/c1-29-21(26)18-14-4-2-3-5-17(14)31-20(18)23-19(25)15-12-13(6-7-16(15)22)32(27,28)24-8-10-30-11-9-24/h6-7,12H,2-5,8-11H2,1H3,(H,23,25). The second-order valence-corrected chi connectivity index (χ2v) is 11.0. The van der Waals surface area contributed by atoms with Gasteiger partial charge in [-0.15, -0.1) is 11.3 Å². The van der Waals surface area contributed by atoms with Crippen LogP contribution in [0.25, 0.3) is 0 Å². The number of esters is 1. The minimum absolute atomic E-state index is 0.0168. The lowest BCUT2D eigenvalue weighted by Gasteiger charge is -2.26. The summed E-state index contributed by atoms with van der Waals surface area (Å²) in [7, 11) is -2.49. The molecule has 0 bridgehead atoms. The van der Waals surface area contributed by atoms with E-state index in [0.717, 1.165) is 36.1 Å². The van der Waals surface area contributed by atoms with Crippen molar-refractivity contribution in [2.24, 2.45) is 0 Å². The molecule has 1 saturated heterocycles. The zero-order valence-corrected chi connectivity index (χ0v) is 19.9. The molecule has 2 aliphatic rings. The lowest BCUT2D eigenvalue weighted by molar-refractivity contribution is 0.0601. The van der Waals surface area contributed by atoms with E-state index in [0.29, 0.717) is 23.8 Å². The Kier molecular flexibility index (Phi) is 6.87. The monoisotopic (exact) mass is 498 g/mol. The number of rotatable bonds is 5. The van der Waals surface area contributed by atoms with Crippen LogP contribution in [0.1, 0.15) is 44.0 Å². The van der Waals surface area contributed by atoms with Crippen molar-refractivity contribution in [3.8, 4) is 0 Å². The number of hydrogen-bond donors (Lipinski definition) is 1. The van der Waals surface area contributed by atoms with E-state index in [-0.39, 0.29) is 28.6 Å². The topological polar surface area (TPSA) is 102 Å². The maximum Gasteiger partial charge on any atom is 0.341 e. The lowest BCUT2D eigenvalue weighted by Crippen LogP contribution is -2.40. The predicted molar refractivity (Wildman–Crippen MR) is 121 cm³/mol. The molecular weight excluding hydrogens is 476 g/mol. The number of thiophene rings is 1. The van der Waals surface area contributed by atoms with E-state index in [1.54, 1.807) is 0 Å². The van der Waals surface area contributed by atoms with Crippen LogP contribution in [0.2, 0.25) is 5.02 Å². The summed E-state index contributed by atoms with van der Waals surface area (Å²) in [6.07, 6.45) is 3.58. The Labute approximate surface area is 195 Å². The van der Waals surface area contributed by atoms with E-state index in [2.05, 4.69) is 5.32 Å². The Bertz CT molecular complexity index is 1160. The highest BCUT2D eigenvalue weighted by Gasteiger charge is 2.30. The fourth-order valence-electron chi connectivity index (χ4n) is 3.92. The van der Waals surface area contributed by atoms with E-state index in [1.807, 2.05) is 0 Å². The Balaban J connectivity index is 1.65. The van der Waals surface area contributed by atoms with Crippen LogP contribution < -0.4 is 5.32 Å². The summed E-state index contributed by atoms with van der Waals surface area (Å²) in [5.41, 5.74) is 1.30. The highest BCUT2D eigenvalue weighted by atomic mass is 35.5. The summed E-state index contributed by atoms with van der Waals surface area (Å²) >= 11 is 7.60. The van der Waals surface area contributed by atoms with Gasteiger partial charge in [0.25, 0.3) is 5.91 Å². The average molecular weight is 499 g/mol. The molecule has 1 fully saturated rings. The number of aryl methyl sites for hydroxylation is 1. The van der Waals surface area contributed by atoms with Crippen LogP contribution >= 0.6 is 22.9 Å². The van der Waals surface area contributed by atoms with Crippen LogP contribution in [0, 0.1) is 0 Å². The van der Waals surface area contributed by atoms with Gasteiger partial charge in [0.1, 0.15) is 5.00 Å². The summed E-state index contributed by atoms with van der Waals surface area (Å²) in [5.74, 6) is -1.09. The number of sulfonamides is 1. The van der Waals surface area contributed by atoms with Gasteiger partial charge in [-0.05, 0) is 49.4 Å². The van der Waals surface area contributed by atoms with E-state index in [9.17, 15) is 18.0 Å². The Morgan fingerprint density at radius 2 is 1.91 bits per heavy atom. The van der Waals surface area contributed by atoms with Crippen molar-refractivity contribution in [1.29, 1.82) is 0 Å². The van der Waals surface area contributed by atoms with E-state index < -0.39 is 21.9 Å². The van der Waals surface area contributed by atoms with Crippen molar-refractivity contribution in [1.82, 2.24) is 4.31 Å². The number of methoxy groups -OCH3 is 1. The third-order valence-corrected chi connectivity index (χ3v) is 9.01. The van der Waals surface area contributed by atoms with Crippen molar-refractivity contribution in [3.63, 3.8) is 0 Å². The molecule has 0 saturated carbocycles. The minimum atomic E-state index is -3.79. The van der Waals surface area contributed by atoms with Crippen LogP contribution in [0.3, 0.4) is 0 Å². The predicted octanol–water partition coefficient (Wildman–Crippen LogP) is 3.34. The summed E-state index contributed by atoms with van der Waals surface area (Å²) < 4.78 is 37.5. The zero-order chi connectivity index (χ0) is 22.9. The van der Waals surface area contributed by atoms with Gasteiger partial charge in [0.15, 0.2) is 0 Å². The summed E-state index contributed by atoms with van der Waals surface area (Å²) in [4.78, 5) is 26.6. The van der Waals surface area contributed by atoms with Gasteiger partial charge in [-0.2, -0.15) is 4.31 Å². The van der Waals surface area contributed by atoms with Gasteiger partial charge in [0.05, 0.1) is 41.4 Å². The first-order chi connectivity index (χ1) is 15.3. The fraction of sp³-hybridized carbons (Fsp3) is 0.429. The molecule has 8 nitrogen and oxygen atoms in total. The molecule has 11 heteroatoms. The van der Waals surface area contributed by atoms with Gasteiger partial charge in [-0.1, -0.05) is 11.6 Å². The van der Waals surface area contributed by atoms with Gasteiger partial charge in [0, 0.05) is 18.0 Å². The number of amides is 1. The Hall–Kier alpha value is -1.98. The average Bonchev–Trinajstić information content (AvgIpc) is 3.17. The molecule has 0 atom stereocenters. The molecule has 1 aliphatic carbocycles. The summed E-state index contributed by atoms with van der Waals surface area (Å²) in [5, 5.41) is 3.27. The van der Waals surface area contributed by atoms with E-state index in [4.69, 9.17) is 21.1 Å². The van der Waals surface area contributed by atoms with Crippen LogP contribution in [-0.4, -0.2) is 58.0 Å². The first-order valence-electron chi connectivity index (χ1n) is 10.2. The maximum absolute atomic E-state index is 13.1. The number of carbonyl (C=O) groups is 2. The molecule has 4 rings (SSSR count). The number of nitrogens with zero attached hydrogens (tertiary/aromatic N) is 1. The highest BCUT2D eigenvalue weighted by molar-refractivity contribution is 7.89. The van der Waals surface area contributed by atoms with Gasteiger partial charge in [0.2, 0.25) is 10.0 Å². The van der Waals surface area contributed by atoms with Crippen LogP contribution in [0.15, 0.2) is 23.1 Å². The third-order valence-electron chi connectivity index (χ3n) is 5.58. The summed E-state index contributed by atoms with van der Waals surface area (Å²) in [6, 6.07) is 4.05. The normalized spacial score (nSPS) is 16.9. The van der Waals surface area contributed by atoms with Crippen LogP contribution in [0.4, 0.5) is 5.00 Å². The number of carbonyl (C=O) groups excluding carboxylic acids is 2. The number of halogens is 1. The first kappa shape index (κ1) is 23.2. The van der Waals surface area contributed by atoms with Crippen LogP contribution in [0.5, 0.6) is 0 Å². The summed E-state index contributed by atoms with van der Waals surface area (Å²) in [6.45, 7) is 1.13. The zero-order valence-electron chi connectivity index (χ0n) is 17.5. The molecule has 1 aromatic carbocycles. The third kappa shape index (κ3) is 4.42. The molecule has 1 amide bonds. The van der Waals surface area contributed by atoms with E-state index in [1.165, 1.54) is 41.0 Å². The minimum Gasteiger partial charge on any atom is -0.465 e. The number of ether oxygens (including phenoxy) is 2. The molecule has 1 aliphatic heterocycles. The van der Waals surface area contributed by atoms with Gasteiger partial charge >= 0.3 is 5.97 Å². The molecule has 2 heterocycles. The molecular formula is C21H23ClN2O6S2. The number of anilines is 1. The second-order valence-electron chi connectivity index (χ2n) is 7.52. The molecule has 32 heavy (non-hydrogen) atoms. The first-order valence-corrected chi connectivity index (χ1v) is 12.9. The number of nitrogens with one attached hydrogen (secondary N) is 1. The molecule has 1 aromatic heterocycles. The molecule has 1 N–H and O–H groups in total. The SMILES string of the molecule is COC(=O)c1c(NC(=O)c2cc(S(=O)(=O)N3CCOCC3)ccc2Cl)sc2c1CCCC2. The largest absolute Gasteiger partial charge is 0.465 e. The lowest BCUT2D eigenvalue weighted by atomic mass is 9.95. The number of morpholine rings is 1. The molecule has 172 valence electrons. The fourth-order valence-corrected chi connectivity index (χ4v) is 6.83. The van der Waals surface area contributed by atoms with Crippen molar-refractivity contribution in [3.05, 3.63) is 44.8 Å². The number of fused-ring (bicyclic) bond motifs is 1. The number of hydrogen-bond acceptors (Lipinski definition) is 7. The van der Waals surface area contributed by atoms with E-state index >= 15 is 0 Å². The quantitative estimate of drug-likeness (QED) is 0.634. The van der Waals surface area contributed by atoms with Gasteiger partial charge in [-0.3, -0.25) is 4.79 Å². The van der Waals surface area contributed by atoms with Crippen LogP contribution in [-0.2, 0) is 32.3 Å². The van der Waals surface area contributed by atoms with Gasteiger partial charge in [-0.25, -0.2) is 13.2 Å². The molecule has 0 radical (unpaired) electrons. The molecule has 0 unspecified atom stereocenters. The molecule has 0 spiro atoms. The Morgan fingerprint density at radius 1 is 1.19 bits per heavy atom. The maximum atomic E-state index is 13.1. The molecule has 2 aromatic rings. The van der Waals surface area contributed by atoms with Crippen molar-refractivity contribution in [2.45, 2.75) is 30.6 Å². The van der Waals surface area contributed by atoms with Crippen molar-refractivity contribution < 1.29 is 27.5 Å². The van der Waals surface area contributed by atoms with Gasteiger partial charge < -0.3 is 14.8 Å². The number of benzene rings is 1. The highest BCUT2D eigenvalue weighted by Crippen LogP contribution is 2.39.